The molecule has 0 spiro atoms. The summed E-state index contributed by atoms with van der Waals surface area (Å²) in [4.78, 5) is 0. The van der Waals surface area contributed by atoms with E-state index in [1.807, 2.05) is 20.8 Å². The number of rotatable bonds is 10. The fraction of sp³-hybridized carbons (Fsp3) is 0.600. The van der Waals surface area contributed by atoms with Gasteiger partial charge in [0, 0.05) is 31.9 Å². The molecule has 0 aromatic heterocycles. The van der Waals surface area contributed by atoms with Gasteiger partial charge >= 0.3 is 8.80 Å². The summed E-state index contributed by atoms with van der Waals surface area (Å²) in [5.41, 5.74) is 0.504. The van der Waals surface area contributed by atoms with Crippen LogP contribution < -0.4 is 0 Å². The van der Waals surface area contributed by atoms with Crippen molar-refractivity contribution in [2.45, 2.75) is 39.7 Å². The second kappa shape index (κ2) is 9.25. The van der Waals surface area contributed by atoms with Crippen LogP contribution >= 0.6 is 0 Å². The largest absolute Gasteiger partial charge is 0.500 e. The molecule has 0 atom stereocenters. The molecule has 0 aliphatic carbocycles. The maximum Gasteiger partial charge on any atom is 0.500 e. The Kier molecular flexibility index (Phi) is 8.03. The van der Waals surface area contributed by atoms with Crippen molar-refractivity contribution in [1.82, 2.24) is 0 Å². The second-order valence-corrected chi connectivity index (χ2v) is 7.30. The molecule has 0 aliphatic rings. The van der Waals surface area contributed by atoms with Crippen molar-refractivity contribution in [3.05, 3.63) is 35.4 Å². The van der Waals surface area contributed by atoms with Gasteiger partial charge in [0.2, 0.25) is 0 Å². The summed E-state index contributed by atoms with van der Waals surface area (Å²) in [6.45, 7) is 7.28. The molecule has 0 heterocycles. The second-order valence-electron chi connectivity index (χ2n) is 4.57. The van der Waals surface area contributed by atoms with Crippen molar-refractivity contribution in [3.63, 3.8) is 0 Å². The van der Waals surface area contributed by atoms with Crippen molar-refractivity contribution in [2.75, 3.05) is 19.8 Å². The number of benzene rings is 1. The van der Waals surface area contributed by atoms with Crippen LogP contribution in [0.25, 0.3) is 0 Å². The summed E-state index contributed by atoms with van der Waals surface area (Å²) in [6, 6.07) is 4.29. The molecule has 0 radical (unpaired) electrons. The molecule has 0 N–H and O–H groups in total. The van der Waals surface area contributed by atoms with Crippen molar-refractivity contribution in [2.24, 2.45) is 0 Å². The number of halogens is 2. The van der Waals surface area contributed by atoms with E-state index >= 15 is 0 Å². The minimum atomic E-state index is -2.67. The Hall–Kier alpha value is -0.823. The molecule has 120 valence electrons. The third-order valence-electron chi connectivity index (χ3n) is 3.04. The first-order chi connectivity index (χ1) is 10.1. The highest BCUT2D eigenvalue weighted by Crippen LogP contribution is 2.21. The molecule has 1 aromatic rings. The van der Waals surface area contributed by atoms with Crippen LogP contribution in [-0.4, -0.2) is 28.6 Å². The predicted molar refractivity (Wildman–Crippen MR) is 80.1 cm³/mol. The molecule has 0 aliphatic heterocycles. The molecule has 6 heteroatoms. The molecule has 21 heavy (non-hydrogen) atoms. The molecule has 0 bridgehead atoms. The third-order valence-corrected chi connectivity index (χ3v) is 6.19. The zero-order chi connectivity index (χ0) is 15.7. The van der Waals surface area contributed by atoms with Crippen LogP contribution in [-0.2, 0) is 19.7 Å². The van der Waals surface area contributed by atoms with Crippen molar-refractivity contribution in [1.29, 1.82) is 0 Å². The summed E-state index contributed by atoms with van der Waals surface area (Å²) in [6.07, 6.45) is 1.18. The monoisotopic (exact) mass is 318 g/mol. The van der Waals surface area contributed by atoms with E-state index in [1.54, 1.807) is 0 Å². The smallest absolute Gasteiger partial charge is 0.374 e. The SMILES string of the molecule is CCO[Si](CCCc1ccc(F)cc1F)(OCC)OCC. The summed E-state index contributed by atoms with van der Waals surface area (Å²) >= 11 is 0. The van der Waals surface area contributed by atoms with E-state index in [9.17, 15) is 8.78 Å². The molecule has 0 amide bonds. The van der Waals surface area contributed by atoms with E-state index in [-0.39, 0.29) is 0 Å². The van der Waals surface area contributed by atoms with Gasteiger partial charge in [0.1, 0.15) is 11.6 Å². The highest BCUT2D eigenvalue weighted by Gasteiger charge is 2.39. The Balaban J connectivity index is 2.63. The first-order valence-corrected chi connectivity index (χ1v) is 9.35. The van der Waals surface area contributed by atoms with Gasteiger partial charge in [-0.1, -0.05) is 6.07 Å². The normalized spacial score (nSPS) is 11.9. The van der Waals surface area contributed by atoms with Gasteiger partial charge in [0.05, 0.1) is 0 Å². The van der Waals surface area contributed by atoms with Gasteiger partial charge in [0.15, 0.2) is 0 Å². The standard InChI is InChI=1S/C15H24F2O3Si/c1-4-18-21(19-5-2,20-6-3)11-7-8-13-9-10-14(16)12-15(13)17/h9-10,12H,4-8,11H2,1-3H3. The number of hydrogen-bond donors (Lipinski definition) is 0. The van der Waals surface area contributed by atoms with Crippen LogP contribution in [0.5, 0.6) is 0 Å². The third kappa shape index (κ3) is 5.82. The maximum absolute atomic E-state index is 13.6. The zero-order valence-corrected chi connectivity index (χ0v) is 14.0. The maximum atomic E-state index is 13.6. The highest BCUT2D eigenvalue weighted by atomic mass is 28.4. The Labute approximate surface area is 126 Å². The van der Waals surface area contributed by atoms with E-state index in [2.05, 4.69) is 0 Å². The number of aryl methyl sites for hydroxylation is 1. The molecule has 1 aromatic carbocycles. The van der Waals surface area contributed by atoms with Crippen LogP contribution in [0.3, 0.4) is 0 Å². The highest BCUT2D eigenvalue weighted by molar-refractivity contribution is 6.60. The molecular formula is C15H24F2O3Si. The van der Waals surface area contributed by atoms with E-state index in [0.29, 0.717) is 44.3 Å². The molecule has 0 saturated carbocycles. The quantitative estimate of drug-likeness (QED) is 0.612. The fourth-order valence-corrected chi connectivity index (χ4v) is 4.83. The summed E-state index contributed by atoms with van der Waals surface area (Å²) in [5.74, 6) is -1.07. The van der Waals surface area contributed by atoms with E-state index < -0.39 is 20.4 Å². The van der Waals surface area contributed by atoms with Crippen LogP contribution in [0.1, 0.15) is 32.8 Å². The lowest BCUT2D eigenvalue weighted by Gasteiger charge is -2.28. The minimum Gasteiger partial charge on any atom is -0.374 e. The summed E-state index contributed by atoms with van der Waals surface area (Å²) < 4.78 is 43.7. The minimum absolute atomic E-state index is 0.504. The lowest BCUT2D eigenvalue weighted by atomic mass is 10.1. The number of hydrogen-bond acceptors (Lipinski definition) is 3. The van der Waals surface area contributed by atoms with Crippen molar-refractivity contribution < 1.29 is 22.1 Å². The summed E-state index contributed by atoms with van der Waals surface area (Å²) in [5, 5.41) is 0. The van der Waals surface area contributed by atoms with Gasteiger partial charge in [-0.2, -0.15) is 0 Å². The first-order valence-electron chi connectivity index (χ1n) is 7.42. The Morgan fingerprint density at radius 3 is 2.00 bits per heavy atom. The average molecular weight is 318 g/mol. The predicted octanol–water partition coefficient (Wildman–Crippen LogP) is 3.95. The topological polar surface area (TPSA) is 27.7 Å². The fourth-order valence-electron chi connectivity index (χ4n) is 2.22. The Morgan fingerprint density at radius 2 is 1.52 bits per heavy atom. The Morgan fingerprint density at radius 1 is 0.952 bits per heavy atom. The van der Waals surface area contributed by atoms with E-state index in [1.165, 1.54) is 12.1 Å². The van der Waals surface area contributed by atoms with Gasteiger partial charge in [-0.25, -0.2) is 8.78 Å². The first kappa shape index (κ1) is 18.2. The average Bonchev–Trinajstić information content (AvgIpc) is 2.42. The van der Waals surface area contributed by atoms with Gasteiger partial charge in [-0.15, -0.1) is 0 Å². The Bertz CT molecular complexity index is 412. The molecule has 1 rings (SSSR count). The molecule has 0 unspecified atom stereocenters. The van der Waals surface area contributed by atoms with Crippen LogP contribution in [0.15, 0.2) is 18.2 Å². The molecule has 0 saturated heterocycles. The van der Waals surface area contributed by atoms with Gasteiger partial charge < -0.3 is 13.3 Å². The van der Waals surface area contributed by atoms with Crippen molar-refractivity contribution >= 4 is 8.80 Å². The van der Waals surface area contributed by atoms with E-state index in [4.69, 9.17) is 13.3 Å². The lowest BCUT2D eigenvalue weighted by molar-refractivity contribution is 0.0708. The zero-order valence-electron chi connectivity index (χ0n) is 13.0. The molecule has 0 fully saturated rings. The van der Waals surface area contributed by atoms with Crippen LogP contribution in [0, 0.1) is 11.6 Å². The lowest BCUT2D eigenvalue weighted by Crippen LogP contribution is -2.46. The van der Waals surface area contributed by atoms with Gasteiger partial charge in [0.25, 0.3) is 0 Å². The molecular weight excluding hydrogens is 294 g/mol. The summed E-state index contributed by atoms with van der Waals surface area (Å²) in [7, 11) is -2.67. The van der Waals surface area contributed by atoms with Crippen molar-refractivity contribution in [3.8, 4) is 0 Å². The van der Waals surface area contributed by atoms with Gasteiger partial charge in [-0.3, -0.25) is 0 Å². The molecule has 3 nitrogen and oxygen atoms in total. The van der Waals surface area contributed by atoms with Crippen LogP contribution in [0.2, 0.25) is 6.04 Å². The van der Waals surface area contributed by atoms with Gasteiger partial charge in [-0.05, 0) is 45.2 Å². The van der Waals surface area contributed by atoms with E-state index in [0.717, 1.165) is 6.07 Å². The van der Waals surface area contributed by atoms with Crippen LogP contribution in [0.4, 0.5) is 8.78 Å².